The highest BCUT2D eigenvalue weighted by Gasteiger charge is 2.11. The maximum Gasteiger partial charge on any atom is 0.270 e. The number of hydrogen-bond acceptors (Lipinski definition) is 6. The van der Waals surface area contributed by atoms with Gasteiger partial charge in [0.2, 0.25) is 5.95 Å². The largest absolute Gasteiger partial charge is 0.360 e. The van der Waals surface area contributed by atoms with Crippen LogP contribution in [-0.4, -0.2) is 27.6 Å². The zero-order chi connectivity index (χ0) is 14.5. The smallest absolute Gasteiger partial charge is 0.270 e. The van der Waals surface area contributed by atoms with Crippen molar-refractivity contribution in [3.05, 3.63) is 41.9 Å². The third-order valence-electron chi connectivity index (χ3n) is 2.36. The second-order valence-corrected chi connectivity index (χ2v) is 4.16. The zero-order valence-electron chi connectivity index (χ0n) is 11.3. The molecule has 2 heterocycles. The molecule has 20 heavy (non-hydrogen) atoms. The monoisotopic (exact) mass is 273 g/mol. The molecule has 2 rings (SSSR count). The minimum absolute atomic E-state index is 0.280. The van der Waals surface area contributed by atoms with E-state index in [1.54, 1.807) is 32.1 Å². The average molecular weight is 273 g/mol. The molecular weight excluding hydrogens is 258 g/mol. The predicted molar refractivity (Wildman–Crippen MR) is 73.8 cm³/mol. The van der Waals surface area contributed by atoms with E-state index in [-0.39, 0.29) is 11.6 Å². The van der Waals surface area contributed by atoms with E-state index in [0.717, 1.165) is 0 Å². The van der Waals surface area contributed by atoms with Gasteiger partial charge in [0, 0.05) is 18.3 Å². The molecule has 0 aromatic carbocycles. The summed E-state index contributed by atoms with van der Waals surface area (Å²) in [6.07, 6.45) is 1.60. The van der Waals surface area contributed by atoms with E-state index in [4.69, 9.17) is 4.52 Å². The van der Waals surface area contributed by atoms with E-state index in [0.29, 0.717) is 29.8 Å². The van der Waals surface area contributed by atoms with Gasteiger partial charge in [0.05, 0.1) is 0 Å². The third-order valence-corrected chi connectivity index (χ3v) is 2.36. The number of amides is 1. The number of aryl methyl sites for hydroxylation is 2. The fraction of sp³-hybridized carbons (Fsp3) is 0.231. The summed E-state index contributed by atoms with van der Waals surface area (Å²) < 4.78 is 4.94. The first kappa shape index (κ1) is 13.7. The minimum atomic E-state index is -0.283. The molecule has 0 aliphatic heterocycles. The van der Waals surface area contributed by atoms with Crippen LogP contribution in [0.15, 0.2) is 29.3 Å². The summed E-state index contributed by atoms with van der Waals surface area (Å²) in [5, 5.41) is 9.34. The van der Waals surface area contributed by atoms with Crippen LogP contribution in [0.3, 0.4) is 0 Å². The maximum atomic E-state index is 11.9. The van der Waals surface area contributed by atoms with Crippen LogP contribution >= 0.6 is 0 Å². The number of nitrogens with one attached hydrogen (secondary N) is 2. The summed E-state index contributed by atoms with van der Waals surface area (Å²) >= 11 is 0. The van der Waals surface area contributed by atoms with Crippen LogP contribution in [0, 0.1) is 13.8 Å². The third kappa shape index (κ3) is 3.41. The Bertz CT molecular complexity index is 635. The lowest BCUT2D eigenvalue weighted by Gasteiger charge is -2.06. The van der Waals surface area contributed by atoms with Crippen molar-refractivity contribution in [3.63, 3.8) is 0 Å². The van der Waals surface area contributed by atoms with Gasteiger partial charge in [0.25, 0.3) is 5.91 Å². The second kappa shape index (κ2) is 5.96. The van der Waals surface area contributed by atoms with Gasteiger partial charge in [-0.3, -0.25) is 4.79 Å². The van der Waals surface area contributed by atoms with E-state index in [9.17, 15) is 4.79 Å². The molecule has 2 aromatic heterocycles. The van der Waals surface area contributed by atoms with E-state index < -0.39 is 0 Å². The van der Waals surface area contributed by atoms with Crippen molar-refractivity contribution < 1.29 is 9.32 Å². The van der Waals surface area contributed by atoms with Crippen LogP contribution in [0.1, 0.15) is 21.9 Å². The Balaban J connectivity index is 2.19. The molecule has 0 aliphatic rings. The maximum absolute atomic E-state index is 11.9. The summed E-state index contributed by atoms with van der Waals surface area (Å²) in [4.78, 5) is 20.2. The number of anilines is 2. The SMILES string of the molecule is C=CCNC(=O)c1cc(C)nc(Nc2cc(C)on2)n1. The summed E-state index contributed by atoms with van der Waals surface area (Å²) in [7, 11) is 0. The first-order chi connectivity index (χ1) is 9.58. The number of hydrogen-bond donors (Lipinski definition) is 2. The summed E-state index contributed by atoms with van der Waals surface area (Å²) in [6, 6.07) is 3.32. The Hall–Kier alpha value is -2.70. The minimum Gasteiger partial charge on any atom is -0.360 e. The van der Waals surface area contributed by atoms with Gasteiger partial charge in [-0.1, -0.05) is 11.2 Å². The zero-order valence-corrected chi connectivity index (χ0v) is 11.3. The molecule has 0 fully saturated rings. The van der Waals surface area contributed by atoms with Crippen LogP contribution in [-0.2, 0) is 0 Å². The van der Waals surface area contributed by atoms with E-state index in [1.165, 1.54) is 0 Å². The van der Waals surface area contributed by atoms with Gasteiger partial charge in [0.15, 0.2) is 5.82 Å². The van der Waals surface area contributed by atoms with E-state index >= 15 is 0 Å². The van der Waals surface area contributed by atoms with Crippen molar-refractivity contribution in [3.8, 4) is 0 Å². The molecular formula is C13H15N5O2. The summed E-state index contributed by atoms with van der Waals surface area (Å²) in [5.74, 6) is 1.17. The number of rotatable bonds is 5. The van der Waals surface area contributed by atoms with Crippen LogP contribution in [0.25, 0.3) is 0 Å². The lowest BCUT2D eigenvalue weighted by atomic mass is 10.3. The predicted octanol–water partition coefficient (Wildman–Crippen LogP) is 1.74. The van der Waals surface area contributed by atoms with Gasteiger partial charge in [-0.05, 0) is 19.9 Å². The molecule has 0 radical (unpaired) electrons. The fourth-order valence-electron chi connectivity index (χ4n) is 1.54. The van der Waals surface area contributed by atoms with Gasteiger partial charge >= 0.3 is 0 Å². The Morgan fingerprint density at radius 3 is 2.85 bits per heavy atom. The normalized spacial score (nSPS) is 10.1. The van der Waals surface area contributed by atoms with Crippen LogP contribution in [0.5, 0.6) is 0 Å². The molecule has 0 aliphatic carbocycles. The van der Waals surface area contributed by atoms with Crippen molar-refractivity contribution in [2.24, 2.45) is 0 Å². The first-order valence-electron chi connectivity index (χ1n) is 6.03. The van der Waals surface area contributed by atoms with Crippen molar-refractivity contribution in [2.45, 2.75) is 13.8 Å². The Labute approximate surface area is 116 Å². The molecule has 0 unspecified atom stereocenters. The highest BCUT2D eigenvalue weighted by Crippen LogP contribution is 2.13. The van der Waals surface area contributed by atoms with Crippen LogP contribution < -0.4 is 10.6 Å². The van der Waals surface area contributed by atoms with Gasteiger partial charge in [-0.25, -0.2) is 9.97 Å². The molecule has 0 bridgehead atoms. The molecule has 104 valence electrons. The Morgan fingerprint density at radius 1 is 1.40 bits per heavy atom. The highest BCUT2D eigenvalue weighted by molar-refractivity contribution is 5.92. The molecule has 0 saturated heterocycles. The number of carbonyl (C=O) groups excluding carboxylic acids is 1. The number of carbonyl (C=O) groups is 1. The topological polar surface area (TPSA) is 92.9 Å². The quantitative estimate of drug-likeness (QED) is 0.806. The first-order valence-corrected chi connectivity index (χ1v) is 6.03. The lowest BCUT2D eigenvalue weighted by Crippen LogP contribution is -2.24. The summed E-state index contributed by atoms with van der Waals surface area (Å²) in [5.41, 5.74) is 0.952. The van der Waals surface area contributed by atoms with E-state index in [1.807, 2.05) is 0 Å². The van der Waals surface area contributed by atoms with Crippen molar-refractivity contribution in [2.75, 3.05) is 11.9 Å². The molecule has 2 aromatic rings. The second-order valence-electron chi connectivity index (χ2n) is 4.16. The van der Waals surface area contributed by atoms with Crippen LogP contribution in [0.2, 0.25) is 0 Å². The van der Waals surface area contributed by atoms with E-state index in [2.05, 4.69) is 32.3 Å². The molecule has 0 saturated carbocycles. The standard InChI is InChI=1S/C13H15N5O2/c1-4-5-14-12(19)10-6-8(2)15-13(16-10)17-11-7-9(3)20-18-11/h4,6-7H,1,5H2,2-3H3,(H,14,19)(H,15,16,17,18). The fourth-order valence-corrected chi connectivity index (χ4v) is 1.54. The molecule has 7 heteroatoms. The average Bonchev–Trinajstić information content (AvgIpc) is 2.80. The van der Waals surface area contributed by atoms with Crippen molar-refractivity contribution in [1.29, 1.82) is 0 Å². The van der Waals surface area contributed by atoms with Gasteiger partial charge < -0.3 is 15.2 Å². The summed E-state index contributed by atoms with van der Waals surface area (Å²) in [6.45, 7) is 7.49. The van der Waals surface area contributed by atoms with Crippen molar-refractivity contribution >= 4 is 17.7 Å². The number of aromatic nitrogens is 3. The molecule has 0 spiro atoms. The van der Waals surface area contributed by atoms with Gasteiger partial charge in [0.1, 0.15) is 11.5 Å². The molecule has 0 atom stereocenters. The van der Waals surface area contributed by atoms with Gasteiger partial charge in [-0.2, -0.15) is 0 Å². The molecule has 2 N–H and O–H groups in total. The lowest BCUT2D eigenvalue weighted by molar-refractivity contribution is 0.0953. The molecule has 1 amide bonds. The highest BCUT2D eigenvalue weighted by atomic mass is 16.5. The number of nitrogens with zero attached hydrogens (tertiary/aromatic N) is 3. The Kier molecular flexibility index (Phi) is 4.09. The Morgan fingerprint density at radius 2 is 2.20 bits per heavy atom. The molecule has 7 nitrogen and oxygen atoms in total. The van der Waals surface area contributed by atoms with Crippen LogP contribution in [0.4, 0.5) is 11.8 Å². The van der Waals surface area contributed by atoms with Crippen molar-refractivity contribution in [1.82, 2.24) is 20.4 Å². The van der Waals surface area contributed by atoms with Gasteiger partial charge in [-0.15, -0.1) is 6.58 Å².